The minimum atomic E-state index is -1.24. The van der Waals surface area contributed by atoms with E-state index in [9.17, 15) is 14.4 Å². The van der Waals surface area contributed by atoms with Crippen molar-refractivity contribution >= 4 is 17.8 Å². The van der Waals surface area contributed by atoms with Gasteiger partial charge in [-0.25, -0.2) is 4.79 Å². The molecule has 0 aromatic carbocycles. The molecule has 0 unspecified atom stereocenters. The minimum absolute atomic E-state index is 0.284. The van der Waals surface area contributed by atoms with Gasteiger partial charge in [-0.1, -0.05) is 46.0 Å². The number of carbonyl (C=O) groups excluding carboxylic acids is 2. The van der Waals surface area contributed by atoms with Crippen LogP contribution in [0.4, 0.5) is 0 Å². The van der Waals surface area contributed by atoms with Gasteiger partial charge in [0.1, 0.15) is 6.04 Å². The average Bonchev–Trinajstić information content (AvgIpc) is 2.35. The smallest absolute Gasteiger partial charge is 0.326 e. The van der Waals surface area contributed by atoms with Crippen LogP contribution >= 0.6 is 0 Å². The topological polar surface area (TPSA) is 109 Å². The van der Waals surface area contributed by atoms with Crippen molar-refractivity contribution < 1.29 is 19.5 Å². The van der Waals surface area contributed by atoms with Gasteiger partial charge in [0.05, 0.1) is 6.42 Å². The third-order valence-corrected chi connectivity index (χ3v) is 3.22. The summed E-state index contributed by atoms with van der Waals surface area (Å²) >= 11 is 0. The fraction of sp³-hybridized carbons (Fsp3) is 0.800. The number of hydrogen-bond donors (Lipinski definition) is 3. The maximum atomic E-state index is 11.6. The highest BCUT2D eigenvalue weighted by molar-refractivity contribution is 5.88. The molecule has 6 nitrogen and oxygen atoms in total. The number of aliphatic carboxylic acids is 1. The Balaban J connectivity index is 3.73. The molecule has 0 spiro atoms. The Hall–Kier alpha value is -1.59. The lowest BCUT2D eigenvalue weighted by Gasteiger charge is -2.12. The molecule has 0 rings (SSSR count). The Morgan fingerprint density at radius 1 is 1.05 bits per heavy atom. The molecular formula is C15H28N2O4. The Bertz CT molecular complexity index is 343. The van der Waals surface area contributed by atoms with E-state index >= 15 is 0 Å². The van der Waals surface area contributed by atoms with Crippen LogP contribution in [0.1, 0.15) is 65.2 Å². The second-order valence-electron chi connectivity index (χ2n) is 5.83. The molecule has 0 heterocycles. The van der Waals surface area contributed by atoms with Gasteiger partial charge in [0.15, 0.2) is 0 Å². The van der Waals surface area contributed by atoms with E-state index in [1.165, 1.54) is 19.3 Å². The molecule has 6 heteroatoms. The zero-order valence-corrected chi connectivity index (χ0v) is 13.1. The van der Waals surface area contributed by atoms with Gasteiger partial charge in [-0.2, -0.15) is 0 Å². The molecule has 0 saturated heterocycles. The van der Waals surface area contributed by atoms with E-state index < -0.39 is 17.9 Å². The van der Waals surface area contributed by atoms with Gasteiger partial charge in [-0.05, 0) is 12.3 Å². The summed E-state index contributed by atoms with van der Waals surface area (Å²) in [5.74, 6) is -1.59. The minimum Gasteiger partial charge on any atom is -0.480 e. The van der Waals surface area contributed by atoms with Crippen molar-refractivity contribution in [1.29, 1.82) is 0 Å². The number of primary amides is 1. The highest BCUT2D eigenvalue weighted by Crippen LogP contribution is 2.11. The largest absolute Gasteiger partial charge is 0.480 e. The van der Waals surface area contributed by atoms with Crippen LogP contribution in [0.2, 0.25) is 0 Å². The van der Waals surface area contributed by atoms with Crippen LogP contribution in [0.5, 0.6) is 0 Å². The summed E-state index contributed by atoms with van der Waals surface area (Å²) in [6.45, 7) is 4.41. The van der Waals surface area contributed by atoms with E-state index in [0.29, 0.717) is 0 Å². The predicted molar refractivity (Wildman–Crippen MR) is 80.5 cm³/mol. The summed E-state index contributed by atoms with van der Waals surface area (Å²) in [5.41, 5.74) is 4.94. The highest BCUT2D eigenvalue weighted by Gasteiger charge is 2.21. The van der Waals surface area contributed by atoms with E-state index in [-0.39, 0.29) is 18.7 Å². The van der Waals surface area contributed by atoms with Crippen LogP contribution in [0.3, 0.4) is 0 Å². The number of carboxylic acids is 1. The molecule has 0 aliphatic carbocycles. The van der Waals surface area contributed by atoms with Gasteiger partial charge in [0, 0.05) is 6.42 Å². The molecular weight excluding hydrogens is 272 g/mol. The van der Waals surface area contributed by atoms with E-state index in [0.717, 1.165) is 25.2 Å². The molecule has 0 aromatic heterocycles. The lowest BCUT2D eigenvalue weighted by molar-refractivity contribution is -0.143. The first kappa shape index (κ1) is 19.4. The second kappa shape index (κ2) is 11.1. The number of nitrogens with one attached hydrogen (secondary N) is 1. The number of rotatable bonds is 12. The zero-order chi connectivity index (χ0) is 16.3. The fourth-order valence-corrected chi connectivity index (χ4v) is 2.04. The van der Waals surface area contributed by atoms with Crippen LogP contribution < -0.4 is 11.1 Å². The van der Waals surface area contributed by atoms with Gasteiger partial charge in [0.2, 0.25) is 11.8 Å². The summed E-state index contributed by atoms with van der Waals surface area (Å²) < 4.78 is 0. The summed E-state index contributed by atoms with van der Waals surface area (Å²) in [4.78, 5) is 33.2. The molecule has 0 fully saturated rings. The van der Waals surface area contributed by atoms with Crippen LogP contribution in [0.25, 0.3) is 0 Å². The Labute approximate surface area is 126 Å². The lowest BCUT2D eigenvalue weighted by atomic mass is 10.0. The van der Waals surface area contributed by atoms with Crippen molar-refractivity contribution in [3.05, 3.63) is 0 Å². The molecule has 122 valence electrons. The van der Waals surface area contributed by atoms with Crippen molar-refractivity contribution in [2.45, 2.75) is 71.3 Å². The first-order valence-corrected chi connectivity index (χ1v) is 7.63. The normalized spacial score (nSPS) is 12.1. The van der Waals surface area contributed by atoms with Crippen LogP contribution in [-0.4, -0.2) is 28.9 Å². The fourth-order valence-electron chi connectivity index (χ4n) is 2.04. The van der Waals surface area contributed by atoms with Crippen molar-refractivity contribution in [1.82, 2.24) is 5.32 Å². The molecule has 1 atom stereocenters. The summed E-state index contributed by atoms with van der Waals surface area (Å²) in [6, 6.07) is -1.22. The second-order valence-corrected chi connectivity index (χ2v) is 5.83. The number of unbranched alkanes of at least 4 members (excludes halogenated alkanes) is 4. The maximum absolute atomic E-state index is 11.6. The number of amides is 2. The number of hydrogen-bond acceptors (Lipinski definition) is 3. The molecule has 0 radical (unpaired) electrons. The first-order valence-electron chi connectivity index (χ1n) is 7.63. The van der Waals surface area contributed by atoms with E-state index in [1.807, 2.05) is 0 Å². The van der Waals surface area contributed by atoms with Gasteiger partial charge in [0.25, 0.3) is 0 Å². The molecule has 0 bridgehead atoms. The van der Waals surface area contributed by atoms with Gasteiger partial charge in [-0.3, -0.25) is 9.59 Å². The number of nitrogens with two attached hydrogens (primary N) is 1. The Morgan fingerprint density at radius 3 is 2.14 bits per heavy atom. The molecule has 0 aliphatic heterocycles. The zero-order valence-electron chi connectivity index (χ0n) is 13.1. The van der Waals surface area contributed by atoms with Crippen LogP contribution in [-0.2, 0) is 14.4 Å². The summed E-state index contributed by atoms with van der Waals surface area (Å²) in [7, 11) is 0. The van der Waals surface area contributed by atoms with Crippen molar-refractivity contribution in [3.8, 4) is 0 Å². The third kappa shape index (κ3) is 11.9. The quantitative estimate of drug-likeness (QED) is 0.477. The first-order chi connectivity index (χ1) is 9.82. The van der Waals surface area contributed by atoms with Crippen LogP contribution in [0, 0.1) is 5.92 Å². The predicted octanol–water partition coefficient (Wildman–Crippen LogP) is 1.82. The Kier molecular flexibility index (Phi) is 10.3. The van der Waals surface area contributed by atoms with Gasteiger partial charge < -0.3 is 16.2 Å². The average molecular weight is 300 g/mol. The Morgan fingerprint density at radius 2 is 1.62 bits per heavy atom. The number of carbonyl (C=O) groups is 3. The molecule has 2 amide bonds. The van der Waals surface area contributed by atoms with E-state index in [1.54, 1.807) is 0 Å². The SMILES string of the molecule is CC(C)CCCCCCCC(=O)N[C@@H](CC(N)=O)C(=O)O. The molecule has 4 N–H and O–H groups in total. The standard InChI is InChI=1S/C15H28N2O4/c1-11(2)8-6-4-3-5-7-9-14(19)17-12(15(20)21)10-13(16)18/h11-12H,3-10H2,1-2H3,(H2,16,18)(H,17,19)(H,20,21)/t12-/m0/s1. The monoisotopic (exact) mass is 300 g/mol. The highest BCUT2D eigenvalue weighted by atomic mass is 16.4. The summed E-state index contributed by atoms with van der Waals surface area (Å²) in [5, 5.41) is 11.2. The third-order valence-electron chi connectivity index (χ3n) is 3.22. The lowest BCUT2D eigenvalue weighted by Crippen LogP contribution is -2.43. The van der Waals surface area contributed by atoms with Gasteiger partial charge >= 0.3 is 5.97 Å². The number of carboxylic acid groups (broad SMARTS) is 1. The summed E-state index contributed by atoms with van der Waals surface area (Å²) in [6.07, 6.45) is 6.29. The van der Waals surface area contributed by atoms with Crippen LogP contribution in [0.15, 0.2) is 0 Å². The van der Waals surface area contributed by atoms with Crippen molar-refractivity contribution in [2.75, 3.05) is 0 Å². The van der Waals surface area contributed by atoms with Crippen molar-refractivity contribution in [3.63, 3.8) is 0 Å². The van der Waals surface area contributed by atoms with Gasteiger partial charge in [-0.15, -0.1) is 0 Å². The van der Waals surface area contributed by atoms with E-state index in [4.69, 9.17) is 10.8 Å². The van der Waals surface area contributed by atoms with E-state index in [2.05, 4.69) is 19.2 Å². The van der Waals surface area contributed by atoms with Crippen molar-refractivity contribution in [2.24, 2.45) is 11.7 Å². The molecule has 0 aromatic rings. The molecule has 0 saturated carbocycles. The molecule has 0 aliphatic rings. The molecule has 21 heavy (non-hydrogen) atoms. The maximum Gasteiger partial charge on any atom is 0.326 e.